The molecule has 2 aromatic heterocycles. The van der Waals surface area contributed by atoms with Crippen LogP contribution in [-0.4, -0.2) is 25.4 Å². The van der Waals surface area contributed by atoms with Crippen LogP contribution in [0.5, 0.6) is 0 Å². The van der Waals surface area contributed by atoms with Gasteiger partial charge in [0.2, 0.25) is 0 Å². The first-order chi connectivity index (χ1) is 13.9. The van der Waals surface area contributed by atoms with E-state index in [1.165, 1.54) is 18.4 Å². The SMILES string of the molecule is CCc1ccc(S(=O)(=O)N(C)c2nc(-c3cc4ccccc4[nH]c3=O)cs2)cc1. The van der Waals surface area contributed by atoms with E-state index in [2.05, 4.69) is 9.97 Å². The zero-order chi connectivity index (χ0) is 20.6. The Labute approximate surface area is 172 Å². The number of hydrogen-bond acceptors (Lipinski definition) is 5. The Morgan fingerprint density at radius 1 is 1.10 bits per heavy atom. The van der Waals surface area contributed by atoms with Crippen molar-refractivity contribution in [3.05, 3.63) is 75.9 Å². The van der Waals surface area contributed by atoms with Gasteiger partial charge < -0.3 is 4.98 Å². The van der Waals surface area contributed by atoms with Crippen molar-refractivity contribution in [1.29, 1.82) is 0 Å². The number of rotatable bonds is 5. The molecule has 4 aromatic rings. The molecule has 148 valence electrons. The van der Waals surface area contributed by atoms with Crippen LogP contribution in [0.4, 0.5) is 5.13 Å². The number of aromatic nitrogens is 2. The standard InChI is InChI=1S/C21H19N3O3S2/c1-3-14-8-10-16(11-9-14)29(26,27)24(2)21-23-19(13-28-21)17-12-15-6-4-5-7-18(15)22-20(17)25/h4-13H,3H2,1-2H3,(H,22,25). The lowest BCUT2D eigenvalue weighted by molar-refractivity contribution is 0.594. The lowest BCUT2D eigenvalue weighted by Gasteiger charge is -2.16. The molecule has 0 atom stereocenters. The second kappa shape index (κ2) is 7.46. The Morgan fingerprint density at radius 2 is 1.83 bits per heavy atom. The topological polar surface area (TPSA) is 83.1 Å². The number of nitrogens with one attached hydrogen (secondary N) is 1. The maximum atomic E-state index is 12.9. The summed E-state index contributed by atoms with van der Waals surface area (Å²) < 4.78 is 27.0. The Morgan fingerprint density at radius 3 is 2.55 bits per heavy atom. The number of fused-ring (bicyclic) bond motifs is 1. The summed E-state index contributed by atoms with van der Waals surface area (Å²) in [4.78, 5) is 19.9. The van der Waals surface area contributed by atoms with Crippen LogP contribution in [0.1, 0.15) is 12.5 Å². The number of aryl methyl sites for hydroxylation is 1. The van der Waals surface area contributed by atoms with E-state index in [1.54, 1.807) is 23.6 Å². The molecule has 0 aliphatic rings. The van der Waals surface area contributed by atoms with Crippen LogP contribution in [-0.2, 0) is 16.4 Å². The molecule has 0 aliphatic carbocycles. The van der Waals surface area contributed by atoms with Gasteiger partial charge in [-0.2, -0.15) is 0 Å². The predicted molar refractivity (Wildman–Crippen MR) is 117 cm³/mol. The van der Waals surface area contributed by atoms with E-state index in [9.17, 15) is 13.2 Å². The highest BCUT2D eigenvalue weighted by Gasteiger charge is 2.24. The first-order valence-electron chi connectivity index (χ1n) is 9.06. The summed E-state index contributed by atoms with van der Waals surface area (Å²) >= 11 is 1.18. The highest BCUT2D eigenvalue weighted by molar-refractivity contribution is 7.93. The average Bonchev–Trinajstić information content (AvgIpc) is 3.22. The molecular formula is C21H19N3O3S2. The van der Waals surface area contributed by atoms with Gasteiger partial charge in [-0.15, -0.1) is 11.3 Å². The first kappa shape index (κ1) is 19.4. The third-order valence-electron chi connectivity index (χ3n) is 4.78. The summed E-state index contributed by atoms with van der Waals surface area (Å²) in [7, 11) is -2.27. The zero-order valence-corrected chi connectivity index (χ0v) is 17.5. The number of sulfonamides is 1. The van der Waals surface area contributed by atoms with E-state index in [-0.39, 0.29) is 10.5 Å². The van der Waals surface area contributed by atoms with Crippen molar-refractivity contribution in [3.63, 3.8) is 0 Å². The Bertz CT molecular complexity index is 1340. The van der Waals surface area contributed by atoms with Gasteiger partial charge >= 0.3 is 0 Å². The molecule has 0 saturated carbocycles. The van der Waals surface area contributed by atoms with Crippen LogP contribution in [0.2, 0.25) is 0 Å². The number of para-hydroxylation sites is 1. The molecule has 2 aromatic carbocycles. The minimum Gasteiger partial charge on any atom is -0.321 e. The average molecular weight is 426 g/mol. The second-order valence-corrected chi connectivity index (χ2v) is 9.39. The van der Waals surface area contributed by atoms with Gasteiger partial charge in [-0.25, -0.2) is 17.7 Å². The van der Waals surface area contributed by atoms with Gasteiger partial charge in [0.15, 0.2) is 5.13 Å². The number of aromatic amines is 1. The Hall–Kier alpha value is -2.97. The smallest absolute Gasteiger partial charge is 0.265 e. The van der Waals surface area contributed by atoms with Crippen molar-refractivity contribution in [3.8, 4) is 11.3 Å². The van der Waals surface area contributed by atoms with Crippen molar-refractivity contribution in [2.24, 2.45) is 0 Å². The number of hydrogen-bond donors (Lipinski definition) is 1. The van der Waals surface area contributed by atoms with Gasteiger partial charge in [0.05, 0.1) is 16.2 Å². The lowest BCUT2D eigenvalue weighted by atomic mass is 10.1. The molecule has 0 fully saturated rings. The zero-order valence-electron chi connectivity index (χ0n) is 15.9. The molecule has 0 radical (unpaired) electrons. The van der Waals surface area contributed by atoms with Gasteiger partial charge in [-0.1, -0.05) is 37.3 Å². The van der Waals surface area contributed by atoms with Gasteiger partial charge in [0.25, 0.3) is 15.6 Å². The van der Waals surface area contributed by atoms with Crippen LogP contribution in [0.3, 0.4) is 0 Å². The normalized spacial score (nSPS) is 11.7. The Balaban J connectivity index is 1.69. The quantitative estimate of drug-likeness (QED) is 0.523. The van der Waals surface area contributed by atoms with E-state index in [0.29, 0.717) is 16.4 Å². The number of H-pyrrole nitrogens is 1. The molecule has 0 amide bonds. The van der Waals surface area contributed by atoms with Crippen LogP contribution in [0, 0.1) is 0 Å². The third-order valence-corrected chi connectivity index (χ3v) is 7.58. The van der Waals surface area contributed by atoms with Crippen LogP contribution < -0.4 is 9.86 Å². The maximum absolute atomic E-state index is 12.9. The molecule has 0 unspecified atom stereocenters. The van der Waals surface area contributed by atoms with E-state index >= 15 is 0 Å². The number of nitrogens with zero attached hydrogens (tertiary/aromatic N) is 2. The van der Waals surface area contributed by atoms with Crippen molar-refractivity contribution >= 4 is 37.4 Å². The van der Waals surface area contributed by atoms with Gasteiger partial charge in [0.1, 0.15) is 0 Å². The van der Waals surface area contributed by atoms with Crippen molar-refractivity contribution in [1.82, 2.24) is 9.97 Å². The highest BCUT2D eigenvalue weighted by atomic mass is 32.2. The first-order valence-corrected chi connectivity index (χ1v) is 11.4. The van der Waals surface area contributed by atoms with Crippen molar-refractivity contribution in [2.45, 2.75) is 18.2 Å². The molecule has 0 spiro atoms. The van der Waals surface area contributed by atoms with Gasteiger partial charge in [-0.3, -0.25) is 4.79 Å². The summed E-state index contributed by atoms with van der Waals surface area (Å²) in [5, 5.41) is 2.88. The minimum absolute atomic E-state index is 0.206. The van der Waals surface area contributed by atoms with Crippen LogP contribution in [0.15, 0.2) is 69.7 Å². The summed E-state index contributed by atoms with van der Waals surface area (Å²) in [5.41, 5.74) is 2.40. The molecule has 0 saturated heterocycles. The molecule has 0 aliphatic heterocycles. The molecule has 6 nitrogen and oxygen atoms in total. The van der Waals surface area contributed by atoms with Crippen molar-refractivity contribution in [2.75, 3.05) is 11.4 Å². The van der Waals surface area contributed by atoms with Gasteiger partial charge in [-0.05, 0) is 41.6 Å². The number of anilines is 1. The van der Waals surface area contributed by atoms with Crippen LogP contribution in [0.25, 0.3) is 22.2 Å². The minimum atomic E-state index is -3.74. The molecule has 0 bridgehead atoms. The summed E-state index contributed by atoms with van der Waals surface area (Å²) in [5.74, 6) is 0. The fraction of sp³-hybridized carbons (Fsp3) is 0.143. The maximum Gasteiger partial charge on any atom is 0.265 e. The molecule has 2 heterocycles. The summed E-state index contributed by atoms with van der Waals surface area (Å²) in [6.07, 6.45) is 0.840. The van der Waals surface area contributed by atoms with Gasteiger partial charge in [0, 0.05) is 17.9 Å². The highest BCUT2D eigenvalue weighted by Crippen LogP contribution is 2.29. The largest absolute Gasteiger partial charge is 0.321 e. The number of thiazole rings is 1. The molecule has 8 heteroatoms. The fourth-order valence-electron chi connectivity index (χ4n) is 3.03. The van der Waals surface area contributed by atoms with E-state index in [1.807, 2.05) is 43.3 Å². The van der Waals surface area contributed by atoms with E-state index in [4.69, 9.17) is 0 Å². The second-order valence-electron chi connectivity index (χ2n) is 6.58. The van der Waals surface area contributed by atoms with E-state index < -0.39 is 10.0 Å². The predicted octanol–water partition coefficient (Wildman–Crippen LogP) is 4.04. The van der Waals surface area contributed by atoms with Crippen molar-refractivity contribution < 1.29 is 8.42 Å². The molecule has 4 rings (SSSR count). The fourth-order valence-corrected chi connectivity index (χ4v) is 5.19. The third kappa shape index (κ3) is 3.56. The number of benzene rings is 2. The molecule has 1 N–H and O–H groups in total. The summed E-state index contributed by atoms with van der Waals surface area (Å²) in [6, 6.07) is 16.1. The van der Waals surface area contributed by atoms with E-state index in [0.717, 1.165) is 27.2 Å². The van der Waals surface area contributed by atoms with Crippen LogP contribution >= 0.6 is 11.3 Å². The number of pyridine rings is 1. The Kier molecular flexibility index (Phi) is 4.97. The summed E-state index contributed by atoms with van der Waals surface area (Å²) in [6.45, 7) is 2.02. The molecular weight excluding hydrogens is 406 g/mol. The lowest BCUT2D eigenvalue weighted by Crippen LogP contribution is -2.26. The molecule has 29 heavy (non-hydrogen) atoms. The monoisotopic (exact) mass is 425 g/mol.